The van der Waals surface area contributed by atoms with Gasteiger partial charge in [-0.3, -0.25) is 4.79 Å². The molecule has 1 aliphatic heterocycles. The van der Waals surface area contributed by atoms with E-state index in [9.17, 15) is 19.5 Å². The van der Waals surface area contributed by atoms with E-state index in [1.165, 1.54) is 4.90 Å². The summed E-state index contributed by atoms with van der Waals surface area (Å²) >= 11 is 0. The molecule has 0 spiro atoms. The molecule has 1 fully saturated rings. The maximum absolute atomic E-state index is 12.1. The van der Waals surface area contributed by atoms with Crippen LogP contribution in [0, 0.1) is 5.92 Å². The van der Waals surface area contributed by atoms with Crippen molar-refractivity contribution in [2.75, 3.05) is 26.2 Å². The molecule has 21 heavy (non-hydrogen) atoms. The van der Waals surface area contributed by atoms with Crippen LogP contribution in [0.15, 0.2) is 0 Å². The Labute approximate surface area is 125 Å². The van der Waals surface area contributed by atoms with Crippen LogP contribution in [0.4, 0.5) is 4.79 Å². The Balaban J connectivity index is 2.57. The van der Waals surface area contributed by atoms with Crippen LogP contribution in [0.1, 0.15) is 33.6 Å². The number of nitrogens with one attached hydrogen (secondary N) is 1. The molecule has 7 heteroatoms. The van der Waals surface area contributed by atoms with E-state index in [0.29, 0.717) is 26.1 Å². The SMILES string of the molecule is CCN(CC)C(=O)CNC(=O)N1CCC(C)CC1C(=O)O. The number of likely N-dealkylation sites (tertiary alicyclic amines) is 1. The maximum atomic E-state index is 12.1. The first-order valence-electron chi connectivity index (χ1n) is 7.45. The standard InChI is InChI=1S/C14H25N3O4/c1-4-16(5-2)12(18)9-15-14(21)17-7-6-10(3)8-11(17)13(19)20/h10-11H,4-9H2,1-3H3,(H,15,21)(H,19,20). The van der Waals surface area contributed by atoms with E-state index in [4.69, 9.17) is 0 Å². The molecule has 3 amide bonds. The topological polar surface area (TPSA) is 90.0 Å². The average Bonchev–Trinajstić information content (AvgIpc) is 2.45. The summed E-state index contributed by atoms with van der Waals surface area (Å²) in [4.78, 5) is 38.1. The van der Waals surface area contributed by atoms with E-state index < -0.39 is 18.0 Å². The lowest BCUT2D eigenvalue weighted by atomic mass is 9.93. The van der Waals surface area contributed by atoms with Gasteiger partial charge in [0.25, 0.3) is 0 Å². The number of hydrogen-bond acceptors (Lipinski definition) is 3. The molecule has 0 saturated carbocycles. The number of nitrogens with zero attached hydrogens (tertiary/aromatic N) is 2. The zero-order chi connectivity index (χ0) is 16.0. The van der Waals surface area contributed by atoms with E-state index in [0.717, 1.165) is 6.42 Å². The molecule has 0 radical (unpaired) electrons. The van der Waals surface area contributed by atoms with Crippen LogP contribution in [-0.2, 0) is 9.59 Å². The van der Waals surface area contributed by atoms with Gasteiger partial charge in [-0.1, -0.05) is 6.92 Å². The van der Waals surface area contributed by atoms with Gasteiger partial charge in [-0.05, 0) is 32.6 Å². The minimum Gasteiger partial charge on any atom is -0.480 e. The zero-order valence-corrected chi connectivity index (χ0v) is 13.0. The van der Waals surface area contributed by atoms with Crippen molar-refractivity contribution in [2.45, 2.75) is 39.7 Å². The van der Waals surface area contributed by atoms with Crippen LogP contribution >= 0.6 is 0 Å². The first-order valence-corrected chi connectivity index (χ1v) is 7.45. The highest BCUT2D eigenvalue weighted by Crippen LogP contribution is 2.22. The number of hydrogen-bond donors (Lipinski definition) is 2. The molecule has 120 valence electrons. The lowest BCUT2D eigenvalue weighted by Gasteiger charge is -2.36. The highest BCUT2D eigenvalue weighted by atomic mass is 16.4. The molecule has 7 nitrogen and oxygen atoms in total. The van der Waals surface area contributed by atoms with Crippen LogP contribution in [0.3, 0.4) is 0 Å². The van der Waals surface area contributed by atoms with Crippen LogP contribution in [0.5, 0.6) is 0 Å². The minimum absolute atomic E-state index is 0.0983. The second-order valence-corrected chi connectivity index (χ2v) is 5.40. The van der Waals surface area contributed by atoms with Gasteiger partial charge < -0.3 is 20.2 Å². The Morgan fingerprint density at radius 3 is 2.43 bits per heavy atom. The van der Waals surface area contributed by atoms with E-state index in [1.807, 2.05) is 20.8 Å². The van der Waals surface area contributed by atoms with Gasteiger partial charge >= 0.3 is 12.0 Å². The van der Waals surface area contributed by atoms with E-state index in [1.54, 1.807) is 4.90 Å². The normalized spacial score (nSPS) is 21.8. The van der Waals surface area contributed by atoms with Crippen molar-refractivity contribution < 1.29 is 19.5 Å². The number of carboxylic acid groups (broad SMARTS) is 1. The number of carboxylic acids is 1. The van der Waals surface area contributed by atoms with Gasteiger partial charge in [0, 0.05) is 19.6 Å². The molecule has 0 aromatic carbocycles. The molecule has 1 saturated heterocycles. The molecule has 2 atom stereocenters. The summed E-state index contributed by atoms with van der Waals surface area (Å²) in [5.41, 5.74) is 0. The van der Waals surface area contributed by atoms with Gasteiger partial charge in [-0.2, -0.15) is 0 Å². The Kier molecular flexibility index (Phi) is 6.45. The van der Waals surface area contributed by atoms with Crippen LogP contribution in [0.25, 0.3) is 0 Å². The van der Waals surface area contributed by atoms with Crippen molar-refractivity contribution in [3.8, 4) is 0 Å². The van der Waals surface area contributed by atoms with Crippen molar-refractivity contribution in [3.63, 3.8) is 0 Å². The van der Waals surface area contributed by atoms with Crippen molar-refractivity contribution in [1.29, 1.82) is 0 Å². The number of rotatable bonds is 5. The molecule has 0 aromatic rings. The lowest BCUT2D eigenvalue weighted by Crippen LogP contribution is -2.54. The van der Waals surface area contributed by atoms with Gasteiger partial charge in [0.15, 0.2) is 0 Å². The van der Waals surface area contributed by atoms with E-state index in [2.05, 4.69) is 5.32 Å². The monoisotopic (exact) mass is 299 g/mol. The smallest absolute Gasteiger partial charge is 0.326 e. The molecular weight excluding hydrogens is 274 g/mol. The van der Waals surface area contributed by atoms with Crippen LogP contribution in [-0.4, -0.2) is 65.0 Å². The predicted octanol–water partition coefficient (Wildman–Crippen LogP) is 0.750. The number of carbonyl (C=O) groups is 3. The highest BCUT2D eigenvalue weighted by Gasteiger charge is 2.34. The minimum atomic E-state index is -0.994. The molecule has 1 rings (SSSR count). The van der Waals surface area contributed by atoms with Gasteiger partial charge in [-0.15, -0.1) is 0 Å². The van der Waals surface area contributed by atoms with Crippen molar-refractivity contribution in [2.24, 2.45) is 5.92 Å². The quantitative estimate of drug-likeness (QED) is 0.784. The fourth-order valence-electron chi connectivity index (χ4n) is 2.56. The number of amides is 3. The molecular formula is C14H25N3O4. The van der Waals surface area contributed by atoms with E-state index >= 15 is 0 Å². The van der Waals surface area contributed by atoms with Crippen molar-refractivity contribution >= 4 is 17.9 Å². The fraction of sp³-hybridized carbons (Fsp3) is 0.786. The summed E-state index contributed by atoms with van der Waals surface area (Å²) < 4.78 is 0. The zero-order valence-electron chi connectivity index (χ0n) is 13.0. The molecule has 0 aromatic heterocycles. The highest BCUT2D eigenvalue weighted by molar-refractivity contribution is 5.86. The molecule has 2 N–H and O–H groups in total. The third-order valence-corrected chi connectivity index (χ3v) is 3.92. The summed E-state index contributed by atoms with van der Waals surface area (Å²) in [6.45, 7) is 7.21. The van der Waals surface area contributed by atoms with Crippen molar-refractivity contribution in [3.05, 3.63) is 0 Å². The molecule has 0 aliphatic carbocycles. The average molecular weight is 299 g/mol. The van der Waals surface area contributed by atoms with Gasteiger partial charge in [0.05, 0.1) is 6.54 Å². The number of aliphatic carboxylic acids is 1. The van der Waals surface area contributed by atoms with Crippen molar-refractivity contribution in [1.82, 2.24) is 15.1 Å². The Morgan fingerprint density at radius 1 is 1.29 bits per heavy atom. The Bertz CT molecular complexity index is 396. The number of piperidine rings is 1. The van der Waals surface area contributed by atoms with E-state index in [-0.39, 0.29) is 18.4 Å². The second kappa shape index (κ2) is 7.85. The summed E-state index contributed by atoms with van der Waals surface area (Å²) in [5, 5.41) is 11.8. The fourth-order valence-corrected chi connectivity index (χ4v) is 2.56. The number of carbonyl (C=O) groups excluding carboxylic acids is 2. The predicted molar refractivity (Wildman–Crippen MR) is 77.9 cm³/mol. The lowest BCUT2D eigenvalue weighted by molar-refractivity contribution is -0.143. The van der Waals surface area contributed by atoms with Gasteiger partial charge in [0.1, 0.15) is 6.04 Å². The largest absolute Gasteiger partial charge is 0.480 e. The number of urea groups is 1. The van der Waals surface area contributed by atoms with Gasteiger partial charge in [-0.25, -0.2) is 9.59 Å². The summed E-state index contributed by atoms with van der Waals surface area (Å²) in [7, 11) is 0. The van der Waals surface area contributed by atoms with Gasteiger partial charge in [0.2, 0.25) is 5.91 Å². The summed E-state index contributed by atoms with van der Waals surface area (Å²) in [5.74, 6) is -0.871. The Hall–Kier alpha value is -1.79. The van der Waals surface area contributed by atoms with Crippen LogP contribution < -0.4 is 5.32 Å². The summed E-state index contributed by atoms with van der Waals surface area (Å²) in [6.07, 6.45) is 1.23. The maximum Gasteiger partial charge on any atom is 0.326 e. The third-order valence-electron chi connectivity index (χ3n) is 3.92. The first kappa shape index (κ1) is 17.3. The molecule has 1 aliphatic rings. The second-order valence-electron chi connectivity index (χ2n) is 5.40. The molecule has 0 bridgehead atoms. The molecule has 1 heterocycles. The summed E-state index contributed by atoms with van der Waals surface area (Å²) in [6, 6.07) is -1.29. The Morgan fingerprint density at radius 2 is 1.90 bits per heavy atom. The first-order chi connectivity index (χ1) is 9.90. The third kappa shape index (κ3) is 4.61. The molecule has 2 unspecified atom stereocenters. The number of likely N-dealkylation sites (N-methyl/N-ethyl adjacent to an activating group) is 1. The van der Waals surface area contributed by atoms with Crippen LogP contribution in [0.2, 0.25) is 0 Å².